The van der Waals surface area contributed by atoms with Gasteiger partial charge < -0.3 is 5.73 Å². The first-order valence-electron chi connectivity index (χ1n) is 6.55. The number of hydrogen-bond acceptors (Lipinski definition) is 3. The minimum absolute atomic E-state index is 0.425. The van der Waals surface area contributed by atoms with Gasteiger partial charge >= 0.3 is 0 Å². The lowest BCUT2D eigenvalue weighted by Crippen LogP contribution is -2.65. The zero-order valence-corrected chi connectivity index (χ0v) is 9.57. The molecule has 3 saturated heterocycles. The van der Waals surface area contributed by atoms with Crippen molar-refractivity contribution < 1.29 is 0 Å². The predicted molar refractivity (Wildman–Crippen MR) is 61.7 cm³/mol. The highest BCUT2D eigenvalue weighted by Crippen LogP contribution is 2.34. The minimum atomic E-state index is 0.425. The van der Waals surface area contributed by atoms with E-state index in [4.69, 9.17) is 5.73 Å². The van der Waals surface area contributed by atoms with E-state index in [1.165, 1.54) is 58.4 Å². The highest BCUT2D eigenvalue weighted by atomic mass is 15.3. The Morgan fingerprint density at radius 3 is 2.40 bits per heavy atom. The molecule has 86 valence electrons. The summed E-state index contributed by atoms with van der Waals surface area (Å²) in [7, 11) is 0. The molecule has 3 heteroatoms. The Labute approximate surface area is 92.6 Å². The molecule has 1 saturated carbocycles. The number of nitrogens with two attached hydrogens (primary N) is 1. The van der Waals surface area contributed by atoms with Crippen LogP contribution in [-0.4, -0.2) is 54.6 Å². The van der Waals surface area contributed by atoms with E-state index in [9.17, 15) is 0 Å². The number of rotatable bonds is 4. The van der Waals surface area contributed by atoms with Gasteiger partial charge in [0.2, 0.25) is 0 Å². The van der Waals surface area contributed by atoms with Gasteiger partial charge in [-0.15, -0.1) is 0 Å². The summed E-state index contributed by atoms with van der Waals surface area (Å²) in [5.41, 5.74) is 6.34. The van der Waals surface area contributed by atoms with Gasteiger partial charge in [-0.2, -0.15) is 0 Å². The van der Waals surface area contributed by atoms with Crippen molar-refractivity contribution in [2.75, 3.05) is 32.7 Å². The average molecular weight is 209 g/mol. The third-order valence-electron chi connectivity index (χ3n) is 4.42. The maximum Gasteiger partial charge on any atom is 0.0375 e. The van der Waals surface area contributed by atoms with Gasteiger partial charge in [-0.3, -0.25) is 9.80 Å². The van der Waals surface area contributed by atoms with Crippen molar-refractivity contribution in [3.05, 3.63) is 0 Å². The third kappa shape index (κ3) is 2.19. The Bertz CT molecular complexity index is 219. The van der Waals surface area contributed by atoms with Gasteiger partial charge in [0.25, 0.3) is 0 Å². The molecule has 0 aromatic rings. The zero-order valence-electron chi connectivity index (χ0n) is 9.57. The van der Waals surface area contributed by atoms with E-state index in [0.717, 1.165) is 5.92 Å². The molecule has 3 heterocycles. The molecule has 4 fully saturated rings. The molecule has 0 aromatic heterocycles. The summed E-state index contributed by atoms with van der Waals surface area (Å²) in [6.07, 6.45) is 5.56. The Hall–Kier alpha value is -0.120. The number of fused-ring (bicyclic) bond motifs is 3. The lowest BCUT2D eigenvalue weighted by Gasteiger charge is -2.49. The van der Waals surface area contributed by atoms with Gasteiger partial charge in [0.05, 0.1) is 0 Å². The number of hydrogen-bond donors (Lipinski definition) is 1. The van der Waals surface area contributed by atoms with E-state index < -0.39 is 0 Å². The van der Waals surface area contributed by atoms with E-state index in [0.29, 0.717) is 12.1 Å². The molecule has 1 aliphatic carbocycles. The normalized spacial score (nSPS) is 41.8. The van der Waals surface area contributed by atoms with E-state index in [1.807, 2.05) is 0 Å². The van der Waals surface area contributed by atoms with E-state index >= 15 is 0 Å². The fraction of sp³-hybridized carbons (Fsp3) is 1.00. The monoisotopic (exact) mass is 209 g/mol. The van der Waals surface area contributed by atoms with E-state index in [-0.39, 0.29) is 0 Å². The van der Waals surface area contributed by atoms with E-state index in [1.54, 1.807) is 0 Å². The SMILES string of the molecule is NC(CCC1CC1)C1CN2CCN1CC2. The molecule has 2 N–H and O–H groups in total. The molecule has 4 rings (SSSR count). The molecule has 2 unspecified atom stereocenters. The standard InChI is InChI=1S/C12H23N3/c13-11(4-3-10-1-2-10)12-9-14-5-7-15(12)8-6-14/h10-12H,1-9,13H2. The second-order valence-corrected chi connectivity index (χ2v) is 5.59. The second kappa shape index (κ2) is 4.04. The van der Waals surface area contributed by atoms with Crippen LogP contribution in [0.5, 0.6) is 0 Å². The fourth-order valence-electron chi connectivity index (χ4n) is 3.09. The molecular weight excluding hydrogens is 186 g/mol. The van der Waals surface area contributed by atoms with Gasteiger partial charge in [-0.05, 0) is 18.8 Å². The Morgan fingerprint density at radius 2 is 1.87 bits per heavy atom. The minimum Gasteiger partial charge on any atom is -0.326 e. The van der Waals surface area contributed by atoms with Crippen LogP contribution in [0, 0.1) is 5.92 Å². The van der Waals surface area contributed by atoms with Crippen LogP contribution in [0.1, 0.15) is 25.7 Å². The summed E-state index contributed by atoms with van der Waals surface area (Å²) < 4.78 is 0. The van der Waals surface area contributed by atoms with Crippen LogP contribution in [0.2, 0.25) is 0 Å². The first-order chi connectivity index (χ1) is 7.33. The predicted octanol–water partition coefficient (Wildman–Crippen LogP) is 0.504. The third-order valence-corrected chi connectivity index (χ3v) is 4.42. The maximum absolute atomic E-state index is 6.34. The van der Waals surface area contributed by atoms with Crippen LogP contribution in [0.4, 0.5) is 0 Å². The largest absolute Gasteiger partial charge is 0.326 e. The van der Waals surface area contributed by atoms with Gasteiger partial charge in [0.1, 0.15) is 0 Å². The molecule has 0 radical (unpaired) electrons. The van der Waals surface area contributed by atoms with Gasteiger partial charge in [0, 0.05) is 44.8 Å². The smallest absolute Gasteiger partial charge is 0.0375 e. The van der Waals surface area contributed by atoms with Crippen molar-refractivity contribution in [2.24, 2.45) is 11.7 Å². The van der Waals surface area contributed by atoms with Crippen molar-refractivity contribution >= 4 is 0 Å². The molecule has 2 atom stereocenters. The first kappa shape index (κ1) is 10.1. The lowest BCUT2D eigenvalue weighted by atomic mass is 9.96. The fourth-order valence-corrected chi connectivity index (χ4v) is 3.09. The molecule has 3 nitrogen and oxygen atoms in total. The maximum atomic E-state index is 6.34. The summed E-state index contributed by atoms with van der Waals surface area (Å²) in [5, 5.41) is 0. The van der Waals surface area contributed by atoms with Crippen molar-refractivity contribution in [2.45, 2.75) is 37.8 Å². The quantitative estimate of drug-likeness (QED) is 0.732. The molecule has 15 heavy (non-hydrogen) atoms. The summed E-state index contributed by atoms with van der Waals surface area (Å²) in [6, 6.07) is 1.08. The zero-order chi connectivity index (χ0) is 10.3. The van der Waals surface area contributed by atoms with Crippen molar-refractivity contribution in [3.8, 4) is 0 Å². The lowest BCUT2D eigenvalue weighted by molar-refractivity contribution is 0.00102. The molecule has 3 aliphatic heterocycles. The van der Waals surface area contributed by atoms with Crippen LogP contribution in [-0.2, 0) is 0 Å². The van der Waals surface area contributed by atoms with Gasteiger partial charge in [-0.25, -0.2) is 0 Å². The molecule has 4 aliphatic rings. The van der Waals surface area contributed by atoms with Gasteiger partial charge in [-0.1, -0.05) is 12.8 Å². The number of piperazine rings is 3. The van der Waals surface area contributed by atoms with Crippen molar-refractivity contribution in [1.82, 2.24) is 9.80 Å². The average Bonchev–Trinajstić information content (AvgIpc) is 3.11. The highest BCUT2D eigenvalue weighted by molar-refractivity contribution is 4.94. The molecular formula is C12H23N3. The van der Waals surface area contributed by atoms with Crippen LogP contribution in [0.15, 0.2) is 0 Å². The Morgan fingerprint density at radius 1 is 1.13 bits per heavy atom. The van der Waals surface area contributed by atoms with Crippen molar-refractivity contribution in [1.29, 1.82) is 0 Å². The van der Waals surface area contributed by atoms with Crippen molar-refractivity contribution in [3.63, 3.8) is 0 Å². The first-order valence-corrected chi connectivity index (χ1v) is 6.55. The summed E-state index contributed by atoms with van der Waals surface area (Å²) >= 11 is 0. The summed E-state index contributed by atoms with van der Waals surface area (Å²) in [5.74, 6) is 1.03. The molecule has 0 amide bonds. The summed E-state index contributed by atoms with van der Waals surface area (Å²) in [6.45, 7) is 6.27. The Kier molecular flexibility index (Phi) is 2.71. The van der Waals surface area contributed by atoms with Crippen LogP contribution in [0.3, 0.4) is 0 Å². The molecule has 0 spiro atoms. The molecule has 2 bridgehead atoms. The van der Waals surface area contributed by atoms with E-state index in [2.05, 4.69) is 9.80 Å². The summed E-state index contributed by atoms with van der Waals surface area (Å²) in [4.78, 5) is 5.21. The van der Waals surface area contributed by atoms with Crippen LogP contribution in [0.25, 0.3) is 0 Å². The molecule has 0 aromatic carbocycles. The topological polar surface area (TPSA) is 32.5 Å². The van der Waals surface area contributed by atoms with Crippen LogP contribution < -0.4 is 5.73 Å². The highest BCUT2D eigenvalue weighted by Gasteiger charge is 2.35. The van der Waals surface area contributed by atoms with Gasteiger partial charge in [0.15, 0.2) is 0 Å². The second-order valence-electron chi connectivity index (χ2n) is 5.59. The number of nitrogens with zero attached hydrogens (tertiary/aromatic N) is 2. The Balaban J connectivity index is 1.51. The van der Waals surface area contributed by atoms with Crippen LogP contribution >= 0.6 is 0 Å².